The first-order chi connectivity index (χ1) is 18.9. The van der Waals surface area contributed by atoms with E-state index in [0.29, 0.717) is 21.8 Å². The molecule has 1 aromatic heterocycles. The molecule has 1 saturated heterocycles. The second kappa shape index (κ2) is 13.6. The van der Waals surface area contributed by atoms with Crippen molar-refractivity contribution in [3.63, 3.8) is 0 Å². The molecule has 1 fully saturated rings. The van der Waals surface area contributed by atoms with Crippen LogP contribution in [-0.4, -0.2) is 56.2 Å². The lowest BCUT2D eigenvalue weighted by Gasteiger charge is -2.30. The van der Waals surface area contributed by atoms with Crippen LogP contribution >= 0.6 is 11.3 Å². The number of benzene rings is 1. The van der Waals surface area contributed by atoms with Gasteiger partial charge < -0.3 is 25.4 Å². The van der Waals surface area contributed by atoms with Crippen LogP contribution in [0.1, 0.15) is 70.7 Å². The Balaban J connectivity index is 1.49. The lowest BCUT2D eigenvalue weighted by Crippen LogP contribution is -2.52. The van der Waals surface area contributed by atoms with E-state index in [4.69, 9.17) is 9.47 Å². The predicted molar refractivity (Wildman–Crippen MR) is 149 cm³/mol. The number of hydrogen-bond donors (Lipinski definition) is 4. The summed E-state index contributed by atoms with van der Waals surface area (Å²) in [5, 5.41) is 12.3. The molecule has 0 spiro atoms. The van der Waals surface area contributed by atoms with Gasteiger partial charge in [-0.1, -0.05) is 0 Å². The van der Waals surface area contributed by atoms with Crippen LogP contribution < -0.4 is 21.3 Å². The SMILES string of the molecule is CCOC(=O)c1ccc(NC(=O)C(NC(=O)Nc2sc3c(c2C(=O)OCC)CCCC3)C2CCNCC2)cc1. The molecule has 2 heterocycles. The number of hydrogen-bond acceptors (Lipinski definition) is 8. The van der Waals surface area contributed by atoms with Gasteiger partial charge >= 0.3 is 18.0 Å². The molecule has 1 aromatic carbocycles. The Morgan fingerprint density at radius 2 is 1.62 bits per heavy atom. The number of ether oxygens (including phenoxy) is 2. The zero-order chi connectivity index (χ0) is 27.8. The van der Waals surface area contributed by atoms with Gasteiger partial charge in [-0.3, -0.25) is 10.1 Å². The van der Waals surface area contributed by atoms with Gasteiger partial charge in [-0.2, -0.15) is 0 Å². The smallest absolute Gasteiger partial charge is 0.341 e. The van der Waals surface area contributed by atoms with Crippen LogP contribution in [-0.2, 0) is 27.1 Å². The highest BCUT2D eigenvalue weighted by molar-refractivity contribution is 7.17. The first-order valence-corrected chi connectivity index (χ1v) is 14.4. The van der Waals surface area contributed by atoms with Crippen molar-refractivity contribution in [3.05, 3.63) is 45.8 Å². The average Bonchev–Trinajstić information content (AvgIpc) is 3.30. The van der Waals surface area contributed by atoms with E-state index in [0.717, 1.165) is 62.1 Å². The van der Waals surface area contributed by atoms with Gasteiger partial charge in [-0.15, -0.1) is 11.3 Å². The molecule has 0 saturated carbocycles. The molecule has 1 aliphatic carbocycles. The highest BCUT2D eigenvalue weighted by Gasteiger charge is 2.33. The van der Waals surface area contributed by atoms with E-state index < -0.39 is 24.0 Å². The van der Waals surface area contributed by atoms with Gasteiger partial charge in [0.25, 0.3) is 0 Å². The molecular formula is C28H36N4O6S. The molecule has 2 aliphatic rings. The molecule has 11 heteroatoms. The zero-order valence-corrected chi connectivity index (χ0v) is 23.2. The molecular weight excluding hydrogens is 520 g/mol. The molecule has 10 nitrogen and oxygen atoms in total. The van der Waals surface area contributed by atoms with Crippen molar-refractivity contribution in [2.45, 2.75) is 58.4 Å². The summed E-state index contributed by atoms with van der Waals surface area (Å²) in [5.74, 6) is -1.29. The monoisotopic (exact) mass is 556 g/mol. The number of fused-ring (bicyclic) bond motifs is 1. The molecule has 4 rings (SSSR count). The number of carbonyl (C=O) groups excluding carboxylic acids is 4. The number of rotatable bonds is 9. The summed E-state index contributed by atoms with van der Waals surface area (Å²) in [6, 6.07) is 5.09. The summed E-state index contributed by atoms with van der Waals surface area (Å²) in [6.45, 7) is 5.50. The van der Waals surface area contributed by atoms with Crippen LogP contribution in [0.3, 0.4) is 0 Å². The lowest BCUT2D eigenvalue weighted by atomic mass is 9.89. The van der Waals surface area contributed by atoms with Gasteiger partial charge in [-0.25, -0.2) is 14.4 Å². The van der Waals surface area contributed by atoms with Crippen molar-refractivity contribution in [3.8, 4) is 0 Å². The van der Waals surface area contributed by atoms with E-state index in [2.05, 4.69) is 21.3 Å². The Morgan fingerprint density at radius 1 is 0.949 bits per heavy atom. The average molecular weight is 557 g/mol. The number of piperidine rings is 1. The van der Waals surface area contributed by atoms with Gasteiger partial charge in [0.2, 0.25) is 5.91 Å². The maximum absolute atomic E-state index is 13.4. The number of urea groups is 1. The van der Waals surface area contributed by atoms with Crippen molar-refractivity contribution in [1.29, 1.82) is 0 Å². The second-order valence-electron chi connectivity index (χ2n) is 9.59. The predicted octanol–water partition coefficient (Wildman–Crippen LogP) is 4.11. The van der Waals surface area contributed by atoms with E-state index >= 15 is 0 Å². The molecule has 1 aliphatic heterocycles. The summed E-state index contributed by atoms with van der Waals surface area (Å²) in [4.78, 5) is 52.4. The highest BCUT2D eigenvalue weighted by atomic mass is 32.1. The van der Waals surface area contributed by atoms with Gasteiger partial charge in [0.1, 0.15) is 11.0 Å². The van der Waals surface area contributed by atoms with Crippen molar-refractivity contribution >= 4 is 45.9 Å². The normalized spacial score (nSPS) is 15.9. The van der Waals surface area contributed by atoms with E-state index in [1.165, 1.54) is 11.3 Å². The molecule has 39 heavy (non-hydrogen) atoms. The molecule has 1 unspecified atom stereocenters. The third kappa shape index (κ3) is 7.15. The Bertz CT molecular complexity index is 1190. The summed E-state index contributed by atoms with van der Waals surface area (Å²) in [7, 11) is 0. The number of amides is 3. The van der Waals surface area contributed by atoms with Gasteiger partial charge in [0, 0.05) is 10.6 Å². The molecule has 2 aromatic rings. The fraction of sp³-hybridized carbons (Fsp3) is 0.500. The van der Waals surface area contributed by atoms with Crippen molar-refractivity contribution < 1.29 is 28.7 Å². The van der Waals surface area contributed by atoms with Gasteiger partial charge in [0.15, 0.2) is 0 Å². The fourth-order valence-electron chi connectivity index (χ4n) is 5.05. The molecule has 210 valence electrons. The minimum atomic E-state index is -0.794. The minimum absolute atomic E-state index is 0.0723. The number of aryl methyl sites for hydroxylation is 1. The lowest BCUT2D eigenvalue weighted by molar-refractivity contribution is -0.119. The van der Waals surface area contributed by atoms with Crippen molar-refractivity contribution in [1.82, 2.24) is 10.6 Å². The standard InChI is InChI=1S/C28H36N4O6S/c1-3-37-26(34)18-9-11-19(12-10-18)30-24(33)23(17-13-15-29-16-14-17)31-28(36)32-25-22(27(35)38-4-2)20-7-5-6-8-21(20)39-25/h9-12,17,23,29H,3-8,13-16H2,1-2H3,(H,30,33)(H2,31,32,36). The van der Waals surface area contributed by atoms with Crippen LogP contribution in [0.15, 0.2) is 24.3 Å². The second-order valence-corrected chi connectivity index (χ2v) is 10.7. The highest BCUT2D eigenvalue weighted by Crippen LogP contribution is 2.38. The number of carbonyl (C=O) groups is 4. The molecule has 4 N–H and O–H groups in total. The minimum Gasteiger partial charge on any atom is -0.462 e. The Labute approximate surface area is 232 Å². The first kappa shape index (κ1) is 28.6. The van der Waals surface area contributed by atoms with E-state index in [-0.39, 0.29) is 25.0 Å². The quantitative estimate of drug-likeness (QED) is 0.342. The molecule has 0 radical (unpaired) electrons. The number of thiophene rings is 1. The van der Waals surface area contributed by atoms with Crippen molar-refractivity contribution in [2.24, 2.45) is 5.92 Å². The Kier molecular flexibility index (Phi) is 9.94. The van der Waals surface area contributed by atoms with Crippen LogP contribution in [0.2, 0.25) is 0 Å². The largest absolute Gasteiger partial charge is 0.462 e. The van der Waals surface area contributed by atoms with E-state index in [9.17, 15) is 19.2 Å². The topological polar surface area (TPSA) is 135 Å². The van der Waals surface area contributed by atoms with E-state index in [1.54, 1.807) is 38.1 Å². The summed E-state index contributed by atoms with van der Waals surface area (Å²) in [5.41, 5.74) is 2.28. The summed E-state index contributed by atoms with van der Waals surface area (Å²) < 4.78 is 10.3. The van der Waals surface area contributed by atoms with Crippen LogP contribution in [0.25, 0.3) is 0 Å². The van der Waals surface area contributed by atoms with Gasteiger partial charge in [-0.05, 0) is 101 Å². The molecule has 3 amide bonds. The third-order valence-electron chi connectivity index (χ3n) is 6.97. The number of esters is 2. The fourth-order valence-corrected chi connectivity index (χ4v) is 6.33. The van der Waals surface area contributed by atoms with Crippen LogP contribution in [0.4, 0.5) is 15.5 Å². The van der Waals surface area contributed by atoms with Gasteiger partial charge in [0.05, 0.1) is 24.3 Å². The third-order valence-corrected chi connectivity index (χ3v) is 8.17. The molecule has 1 atom stereocenters. The summed E-state index contributed by atoms with van der Waals surface area (Å²) in [6.07, 6.45) is 5.12. The number of nitrogens with one attached hydrogen (secondary N) is 4. The van der Waals surface area contributed by atoms with E-state index in [1.807, 2.05) is 0 Å². The summed E-state index contributed by atoms with van der Waals surface area (Å²) >= 11 is 1.40. The van der Waals surface area contributed by atoms with Crippen molar-refractivity contribution in [2.75, 3.05) is 36.9 Å². The molecule has 0 bridgehead atoms. The first-order valence-electron chi connectivity index (χ1n) is 13.6. The zero-order valence-electron chi connectivity index (χ0n) is 22.4. The maximum atomic E-state index is 13.4. The maximum Gasteiger partial charge on any atom is 0.341 e. The Morgan fingerprint density at radius 3 is 2.31 bits per heavy atom. The Hall–Kier alpha value is -3.44. The van der Waals surface area contributed by atoms with Crippen LogP contribution in [0, 0.1) is 5.92 Å². The number of anilines is 2. The van der Waals surface area contributed by atoms with Crippen LogP contribution in [0.5, 0.6) is 0 Å².